The zero-order valence-corrected chi connectivity index (χ0v) is 12.4. The molecule has 0 aromatic heterocycles. The molecule has 3 N–H and O–H groups in total. The van der Waals surface area contributed by atoms with Gasteiger partial charge in [-0.3, -0.25) is 4.79 Å². The van der Waals surface area contributed by atoms with Crippen LogP contribution >= 0.6 is 0 Å². The van der Waals surface area contributed by atoms with Gasteiger partial charge in [0.15, 0.2) is 0 Å². The average molecular weight is 300 g/mol. The van der Waals surface area contributed by atoms with Crippen molar-refractivity contribution in [2.24, 2.45) is 0 Å². The molecule has 1 aromatic rings. The summed E-state index contributed by atoms with van der Waals surface area (Å²) >= 11 is 0. The smallest absolute Gasteiger partial charge is 0.251 e. The van der Waals surface area contributed by atoms with Gasteiger partial charge in [0.1, 0.15) is 0 Å². The summed E-state index contributed by atoms with van der Waals surface area (Å²) in [7, 11) is -3.50. The second kappa shape index (κ2) is 7.37. The predicted octanol–water partition coefficient (Wildman–Crippen LogP) is 0.485. The molecule has 1 rings (SSSR count). The summed E-state index contributed by atoms with van der Waals surface area (Å²) in [4.78, 5) is 11.9. The lowest BCUT2D eigenvalue weighted by Crippen LogP contribution is -2.31. The van der Waals surface area contributed by atoms with Crippen molar-refractivity contribution in [2.75, 3.05) is 13.1 Å². The second-order valence-electron chi connectivity index (χ2n) is 4.30. The highest BCUT2D eigenvalue weighted by atomic mass is 32.2. The lowest BCUT2D eigenvalue weighted by Gasteiger charge is -2.10. The molecule has 6 nitrogen and oxygen atoms in total. The molecule has 20 heavy (non-hydrogen) atoms. The van der Waals surface area contributed by atoms with Gasteiger partial charge >= 0.3 is 0 Å². The first-order valence-corrected chi connectivity index (χ1v) is 7.95. The van der Waals surface area contributed by atoms with E-state index in [-0.39, 0.29) is 17.3 Å². The number of carbonyl (C=O) groups is 1. The van der Waals surface area contributed by atoms with Crippen molar-refractivity contribution in [2.45, 2.75) is 31.3 Å². The van der Waals surface area contributed by atoms with Crippen LogP contribution in [-0.2, 0) is 10.0 Å². The molecule has 0 heterocycles. The average Bonchev–Trinajstić information content (AvgIpc) is 2.44. The van der Waals surface area contributed by atoms with E-state index in [2.05, 4.69) is 10.0 Å². The number of benzene rings is 1. The Kier molecular flexibility index (Phi) is 6.12. The van der Waals surface area contributed by atoms with Gasteiger partial charge in [-0.05, 0) is 30.7 Å². The molecule has 112 valence electrons. The van der Waals surface area contributed by atoms with Crippen LogP contribution in [0.15, 0.2) is 29.2 Å². The monoisotopic (exact) mass is 300 g/mol. The zero-order valence-electron chi connectivity index (χ0n) is 11.6. The minimum atomic E-state index is -3.50. The van der Waals surface area contributed by atoms with Gasteiger partial charge in [0.05, 0.1) is 11.0 Å². The highest BCUT2D eigenvalue weighted by Crippen LogP contribution is 2.10. The van der Waals surface area contributed by atoms with E-state index in [4.69, 9.17) is 0 Å². The second-order valence-corrected chi connectivity index (χ2v) is 6.06. The SMILES string of the molecule is CCNS(=O)(=O)c1ccc(C(=O)NCC(O)CC)cc1. The van der Waals surface area contributed by atoms with Crippen LogP contribution in [0.4, 0.5) is 0 Å². The molecule has 1 unspecified atom stereocenters. The molecule has 0 spiro atoms. The third-order valence-electron chi connectivity index (χ3n) is 2.73. The van der Waals surface area contributed by atoms with Crippen molar-refractivity contribution in [1.29, 1.82) is 0 Å². The lowest BCUT2D eigenvalue weighted by molar-refractivity contribution is 0.0914. The summed E-state index contributed by atoms with van der Waals surface area (Å²) in [5, 5.41) is 11.9. The van der Waals surface area contributed by atoms with Gasteiger partial charge in [0.2, 0.25) is 10.0 Å². The Morgan fingerprint density at radius 3 is 2.35 bits per heavy atom. The maximum Gasteiger partial charge on any atom is 0.251 e. The maximum absolute atomic E-state index is 11.8. The van der Waals surface area contributed by atoms with Crippen LogP contribution in [0.2, 0.25) is 0 Å². The van der Waals surface area contributed by atoms with E-state index in [1.54, 1.807) is 6.92 Å². The van der Waals surface area contributed by atoms with E-state index >= 15 is 0 Å². The third kappa shape index (κ3) is 4.59. The van der Waals surface area contributed by atoms with Crippen molar-refractivity contribution in [3.05, 3.63) is 29.8 Å². The maximum atomic E-state index is 11.8. The normalized spacial score (nSPS) is 12.9. The number of nitrogens with one attached hydrogen (secondary N) is 2. The topological polar surface area (TPSA) is 95.5 Å². The first-order valence-electron chi connectivity index (χ1n) is 6.46. The summed E-state index contributed by atoms with van der Waals surface area (Å²) < 4.78 is 25.8. The Morgan fingerprint density at radius 2 is 1.85 bits per heavy atom. The number of amides is 1. The lowest BCUT2D eigenvalue weighted by atomic mass is 10.2. The molecule has 0 aliphatic carbocycles. The fourth-order valence-corrected chi connectivity index (χ4v) is 2.56. The highest BCUT2D eigenvalue weighted by molar-refractivity contribution is 7.89. The first-order chi connectivity index (χ1) is 9.40. The van der Waals surface area contributed by atoms with Crippen LogP contribution in [-0.4, -0.2) is 38.6 Å². The largest absolute Gasteiger partial charge is 0.391 e. The van der Waals surface area contributed by atoms with Crippen molar-refractivity contribution in [3.8, 4) is 0 Å². The molecule has 1 aromatic carbocycles. The van der Waals surface area contributed by atoms with Gasteiger partial charge in [-0.15, -0.1) is 0 Å². The van der Waals surface area contributed by atoms with E-state index < -0.39 is 16.1 Å². The van der Waals surface area contributed by atoms with Crippen LogP contribution in [0.5, 0.6) is 0 Å². The van der Waals surface area contributed by atoms with Crippen LogP contribution in [0.1, 0.15) is 30.6 Å². The van der Waals surface area contributed by atoms with Crippen LogP contribution in [0, 0.1) is 0 Å². The summed E-state index contributed by atoms with van der Waals surface area (Å²) in [6.07, 6.45) is -0.0208. The minimum Gasteiger partial charge on any atom is -0.391 e. The van der Waals surface area contributed by atoms with Crippen molar-refractivity contribution >= 4 is 15.9 Å². The Labute approximate surface area is 119 Å². The van der Waals surface area contributed by atoms with Gasteiger partial charge in [0.25, 0.3) is 5.91 Å². The van der Waals surface area contributed by atoms with E-state index in [1.165, 1.54) is 24.3 Å². The number of hydrogen-bond donors (Lipinski definition) is 3. The molecular formula is C13H20N2O4S. The standard InChI is InChI=1S/C13H20N2O4S/c1-3-11(16)9-14-13(17)10-5-7-12(8-6-10)20(18,19)15-4-2/h5-8,11,15-16H,3-4,9H2,1-2H3,(H,14,17). The van der Waals surface area contributed by atoms with Crippen molar-refractivity contribution < 1.29 is 18.3 Å². The zero-order chi connectivity index (χ0) is 15.2. The molecule has 0 radical (unpaired) electrons. The number of rotatable bonds is 7. The molecule has 0 bridgehead atoms. The van der Waals surface area contributed by atoms with Crippen molar-refractivity contribution in [3.63, 3.8) is 0 Å². The molecule has 0 aliphatic rings. The van der Waals surface area contributed by atoms with E-state index in [0.717, 1.165) is 0 Å². The predicted molar refractivity (Wildman–Crippen MR) is 75.9 cm³/mol. The number of hydrogen-bond acceptors (Lipinski definition) is 4. The van der Waals surface area contributed by atoms with E-state index in [9.17, 15) is 18.3 Å². The molecule has 0 saturated heterocycles. The van der Waals surface area contributed by atoms with Gasteiger partial charge in [-0.25, -0.2) is 13.1 Å². The molecule has 1 amide bonds. The third-order valence-corrected chi connectivity index (χ3v) is 4.29. The Morgan fingerprint density at radius 1 is 1.25 bits per heavy atom. The first kappa shape index (κ1) is 16.6. The van der Waals surface area contributed by atoms with Gasteiger partial charge in [0, 0.05) is 18.7 Å². The summed E-state index contributed by atoms with van der Waals surface area (Å²) in [6.45, 7) is 3.99. The highest BCUT2D eigenvalue weighted by Gasteiger charge is 2.13. The molecule has 0 saturated carbocycles. The Bertz CT molecular complexity index is 540. The van der Waals surface area contributed by atoms with E-state index in [0.29, 0.717) is 18.5 Å². The number of carbonyl (C=O) groups excluding carboxylic acids is 1. The number of aliphatic hydroxyl groups excluding tert-OH is 1. The van der Waals surface area contributed by atoms with Crippen molar-refractivity contribution in [1.82, 2.24) is 10.0 Å². The van der Waals surface area contributed by atoms with Gasteiger partial charge in [-0.1, -0.05) is 13.8 Å². The van der Waals surface area contributed by atoms with Gasteiger partial charge < -0.3 is 10.4 Å². The summed E-state index contributed by atoms with van der Waals surface area (Å²) in [6, 6.07) is 5.64. The molecule has 1 atom stereocenters. The fraction of sp³-hybridized carbons (Fsp3) is 0.462. The number of sulfonamides is 1. The Balaban J connectivity index is 2.74. The van der Waals surface area contributed by atoms with Crippen LogP contribution in [0.3, 0.4) is 0 Å². The molecular weight excluding hydrogens is 280 g/mol. The molecule has 0 aliphatic heterocycles. The summed E-state index contributed by atoms with van der Waals surface area (Å²) in [5.41, 5.74) is 0.351. The number of aliphatic hydroxyl groups is 1. The molecule has 7 heteroatoms. The van der Waals surface area contributed by atoms with E-state index in [1.807, 2.05) is 6.92 Å². The van der Waals surface area contributed by atoms with Crippen LogP contribution < -0.4 is 10.0 Å². The molecule has 0 fully saturated rings. The quantitative estimate of drug-likeness (QED) is 0.683. The minimum absolute atomic E-state index is 0.115. The fourth-order valence-electron chi connectivity index (χ4n) is 1.52. The summed E-state index contributed by atoms with van der Waals surface area (Å²) in [5.74, 6) is -0.343. The van der Waals surface area contributed by atoms with Gasteiger partial charge in [-0.2, -0.15) is 0 Å². The Hall–Kier alpha value is -1.44. The van der Waals surface area contributed by atoms with Crippen LogP contribution in [0.25, 0.3) is 0 Å².